The van der Waals surface area contributed by atoms with Crippen molar-refractivity contribution < 1.29 is 23.9 Å². The van der Waals surface area contributed by atoms with Gasteiger partial charge in [0, 0.05) is 6.04 Å². The lowest BCUT2D eigenvalue weighted by atomic mass is 9.87. The van der Waals surface area contributed by atoms with Gasteiger partial charge in [0.1, 0.15) is 6.61 Å². The maximum Gasteiger partial charge on any atom is 0.321 e. The number of imide groups is 1. The van der Waals surface area contributed by atoms with Crippen molar-refractivity contribution >= 4 is 17.9 Å². The maximum absolute atomic E-state index is 11.5. The number of hydrogen-bond donors (Lipinski definition) is 2. The van der Waals surface area contributed by atoms with Gasteiger partial charge >= 0.3 is 12.0 Å². The number of nitrogens with one attached hydrogen (secondary N) is 2. The number of methoxy groups -OCH3 is 1. The molecule has 0 spiro atoms. The molecule has 2 aliphatic carbocycles. The number of rotatable bonds is 5. The highest BCUT2D eigenvalue weighted by Gasteiger charge is 2.28. The van der Waals surface area contributed by atoms with Gasteiger partial charge in [-0.05, 0) is 38.5 Å². The number of carbonyl (C=O) groups is 3. The van der Waals surface area contributed by atoms with Crippen molar-refractivity contribution in [1.82, 2.24) is 10.6 Å². The fraction of sp³-hybridized carbons (Fsp3) is 0.786. The summed E-state index contributed by atoms with van der Waals surface area (Å²) in [6, 6.07) is -0.243. The molecule has 7 nitrogen and oxygen atoms in total. The molecule has 2 rings (SSSR count). The number of carbonyl (C=O) groups excluding carboxylic acids is 3. The van der Waals surface area contributed by atoms with Crippen LogP contribution in [0.4, 0.5) is 4.79 Å². The van der Waals surface area contributed by atoms with Gasteiger partial charge in [-0.3, -0.25) is 14.9 Å². The minimum absolute atomic E-state index is 0.0388. The predicted molar refractivity (Wildman–Crippen MR) is 73.4 cm³/mol. The molecule has 0 heterocycles. The van der Waals surface area contributed by atoms with E-state index >= 15 is 0 Å². The monoisotopic (exact) mass is 298 g/mol. The third kappa shape index (κ3) is 5.34. The second kappa shape index (κ2) is 7.40. The van der Waals surface area contributed by atoms with Gasteiger partial charge in [0.2, 0.25) is 0 Å². The molecule has 0 bridgehead atoms. The highest BCUT2D eigenvalue weighted by Crippen LogP contribution is 2.26. The Kier molecular flexibility index (Phi) is 5.55. The third-order valence-electron chi connectivity index (χ3n) is 3.82. The Bertz CT molecular complexity index is 400. The van der Waals surface area contributed by atoms with Crippen LogP contribution >= 0.6 is 0 Å². The summed E-state index contributed by atoms with van der Waals surface area (Å²) in [4.78, 5) is 34.3. The second-order valence-electron chi connectivity index (χ2n) is 5.60. The zero-order valence-corrected chi connectivity index (χ0v) is 12.2. The quantitative estimate of drug-likeness (QED) is 0.730. The van der Waals surface area contributed by atoms with Crippen molar-refractivity contribution in [3.8, 4) is 0 Å². The van der Waals surface area contributed by atoms with Crippen LogP contribution in [-0.4, -0.2) is 43.8 Å². The van der Waals surface area contributed by atoms with Crippen LogP contribution in [0, 0.1) is 5.92 Å². The molecule has 0 aromatic heterocycles. The van der Waals surface area contributed by atoms with Crippen LogP contribution in [0.25, 0.3) is 0 Å². The van der Waals surface area contributed by atoms with E-state index in [0.29, 0.717) is 12.8 Å². The molecule has 7 heteroatoms. The molecule has 0 unspecified atom stereocenters. The van der Waals surface area contributed by atoms with E-state index in [-0.39, 0.29) is 30.6 Å². The Morgan fingerprint density at radius 1 is 1.05 bits per heavy atom. The van der Waals surface area contributed by atoms with Crippen LogP contribution in [0.1, 0.15) is 38.5 Å². The molecule has 0 aromatic rings. The molecule has 2 fully saturated rings. The van der Waals surface area contributed by atoms with Crippen LogP contribution in [0.15, 0.2) is 0 Å². The molecule has 3 amide bonds. The topological polar surface area (TPSA) is 93.7 Å². The first-order valence-electron chi connectivity index (χ1n) is 7.38. The molecule has 2 aliphatic rings. The van der Waals surface area contributed by atoms with Gasteiger partial charge in [-0.1, -0.05) is 0 Å². The largest absolute Gasteiger partial charge is 0.469 e. The standard InChI is InChI=1S/C14H22N2O5/c1-20-13(18)9-2-6-11(7-3-9)21-8-12(17)16-14(19)15-10-4-5-10/h9-11H,2-8H2,1H3,(H2,15,16,17,19). The molecule has 2 N–H and O–H groups in total. The van der Waals surface area contributed by atoms with Crippen molar-refractivity contribution in [2.75, 3.05) is 13.7 Å². The lowest BCUT2D eigenvalue weighted by molar-refractivity contribution is -0.148. The maximum atomic E-state index is 11.5. The normalized spacial score (nSPS) is 25.0. The van der Waals surface area contributed by atoms with E-state index in [9.17, 15) is 14.4 Å². The molecule has 0 aromatic carbocycles. The van der Waals surface area contributed by atoms with Gasteiger partial charge in [0.05, 0.1) is 19.1 Å². The summed E-state index contributed by atoms with van der Waals surface area (Å²) >= 11 is 0. The van der Waals surface area contributed by atoms with E-state index in [1.807, 2.05) is 0 Å². The Morgan fingerprint density at radius 2 is 1.71 bits per heavy atom. The second-order valence-corrected chi connectivity index (χ2v) is 5.60. The number of ether oxygens (including phenoxy) is 2. The van der Waals surface area contributed by atoms with E-state index in [1.54, 1.807) is 0 Å². The summed E-state index contributed by atoms with van der Waals surface area (Å²) in [6.45, 7) is -0.133. The Labute approximate surface area is 123 Å². The fourth-order valence-electron chi connectivity index (χ4n) is 2.44. The molecule has 0 aliphatic heterocycles. The summed E-state index contributed by atoms with van der Waals surface area (Å²) in [6.07, 6.45) is 4.77. The molecular formula is C14H22N2O5. The average Bonchev–Trinajstić information content (AvgIpc) is 3.28. The van der Waals surface area contributed by atoms with Crippen molar-refractivity contribution in [2.24, 2.45) is 5.92 Å². The van der Waals surface area contributed by atoms with Crippen LogP contribution in [0.3, 0.4) is 0 Å². The average molecular weight is 298 g/mol. The number of urea groups is 1. The van der Waals surface area contributed by atoms with Crippen LogP contribution in [0.5, 0.6) is 0 Å². The van der Waals surface area contributed by atoms with Gasteiger partial charge in [-0.25, -0.2) is 4.79 Å². The summed E-state index contributed by atoms with van der Waals surface area (Å²) in [5.41, 5.74) is 0. The zero-order chi connectivity index (χ0) is 15.2. The van der Waals surface area contributed by atoms with Crippen LogP contribution in [0.2, 0.25) is 0 Å². The highest BCUT2D eigenvalue weighted by atomic mass is 16.5. The van der Waals surface area contributed by atoms with Gasteiger partial charge in [-0.15, -0.1) is 0 Å². The molecular weight excluding hydrogens is 276 g/mol. The van der Waals surface area contributed by atoms with E-state index in [1.165, 1.54) is 7.11 Å². The summed E-state index contributed by atoms with van der Waals surface area (Å²) < 4.78 is 10.2. The zero-order valence-electron chi connectivity index (χ0n) is 12.2. The Hall–Kier alpha value is -1.63. The Balaban J connectivity index is 1.59. The molecule has 118 valence electrons. The SMILES string of the molecule is COC(=O)C1CCC(OCC(=O)NC(=O)NC2CC2)CC1. The number of amides is 3. The van der Waals surface area contributed by atoms with Crippen LogP contribution in [-0.2, 0) is 19.1 Å². The molecule has 0 saturated heterocycles. The third-order valence-corrected chi connectivity index (χ3v) is 3.82. The first-order valence-corrected chi connectivity index (χ1v) is 7.38. The summed E-state index contributed by atoms with van der Waals surface area (Å²) in [5, 5.41) is 4.91. The lowest BCUT2D eigenvalue weighted by Gasteiger charge is -2.26. The molecule has 0 radical (unpaired) electrons. The van der Waals surface area contributed by atoms with Crippen LogP contribution < -0.4 is 10.6 Å². The first-order chi connectivity index (χ1) is 10.1. The number of esters is 1. The Morgan fingerprint density at radius 3 is 2.29 bits per heavy atom. The summed E-state index contributed by atoms with van der Waals surface area (Å²) in [5.74, 6) is -0.681. The van der Waals surface area contributed by atoms with E-state index in [0.717, 1.165) is 25.7 Å². The number of hydrogen-bond acceptors (Lipinski definition) is 5. The molecule has 2 saturated carbocycles. The van der Waals surface area contributed by atoms with E-state index < -0.39 is 11.9 Å². The lowest BCUT2D eigenvalue weighted by Crippen LogP contribution is -2.42. The van der Waals surface area contributed by atoms with Gasteiger partial charge in [-0.2, -0.15) is 0 Å². The molecule has 0 atom stereocenters. The van der Waals surface area contributed by atoms with Crippen molar-refractivity contribution in [2.45, 2.75) is 50.7 Å². The smallest absolute Gasteiger partial charge is 0.321 e. The van der Waals surface area contributed by atoms with Gasteiger partial charge in [0.25, 0.3) is 5.91 Å². The highest BCUT2D eigenvalue weighted by molar-refractivity contribution is 5.95. The van der Waals surface area contributed by atoms with Gasteiger partial charge in [0.15, 0.2) is 0 Å². The van der Waals surface area contributed by atoms with E-state index in [4.69, 9.17) is 9.47 Å². The first kappa shape index (κ1) is 15.8. The summed E-state index contributed by atoms with van der Waals surface area (Å²) in [7, 11) is 1.39. The molecule has 21 heavy (non-hydrogen) atoms. The predicted octanol–water partition coefficient (Wildman–Crippen LogP) is 0.723. The van der Waals surface area contributed by atoms with Crippen molar-refractivity contribution in [3.63, 3.8) is 0 Å². The minimum atomic E-state index is -0.458. The van der Waals surface area contributed by atoms with Crippen molar-refractivity contribution in [1.29, 1.82) is 0 Å². The van der Waals surface area contributed by atoms with Gasteiger partial charge < -0.3 is 14.8 Å². The van der Waals surface area contributed by atoms with E-state index in [2.05, 4.69) is 10.6 Å². The minimum Gasteiger partial charge on any atom is -0.469 e. The fourth-order valence-corrected chi connectivity index (χ4v) is 2.44. The van der Waals surface area contributed by atoms with Crippen molar-refractivity contribution in [3.05, 3.63) is 0 Å².